The monoisotopic (exact) mass is 359 g/mol. The number of hydrogen-bond acceptors (Lipinski definition) is 5. The molecule has 5 nitrogen and oxygen atoms in total. The summed E-state index contributed by atoms with van der Waals surface area (Å²) in [6.45, 7) is 2.09. The number of anilines is 1. The molecule has 3 rings (SSSR count). The van der Waals surface area contributed by atoms with Crippen molar-refractivity contribution < 1.29 is 9.53 Å². The summed E-state index contributed by atoms with van der Waals surface area (Å²) in [7, 11) is 1.89. The van der Waals surface area contributed by atoms with Crippen molar-refractivity contribution in [2.45, 2.75) is 45.1 Å². The lowest BCUT2D eigenvalue weighted by molar-refractivity contribution is -0.134. The van der Waals surface area contributed by atoms with Crippen LogP contribution in [0.2, 0.25) is 0 Å². The van der Waals surface area contributed by atoms with Gasteiger partial charge in [0.25, 0.3) is 5.91 Å². The normalized spacial score (nSPS) is 15.1. The quantitative estimate of drug-likeness (QED) is 0.880. The lowest BCUT2D eigenvalue weighted by Crippen LogP contribution is -2.40. The fourth-order valence-corrected chi connectivity index (χ4v) is 4.02. The molecular weight excluding hydrogens is 334 g/mol. The molecule has 2 aromatic rings. The topological polar surface area (TPSA) is 68.5 Å². The molecule has 0 bridgehead atoms. The number of carbonyl (C=O) groups is 1. The molecule has 1 aromatic heterocycles. The first-order valence-corrected chi connectivity index (χ1v) is 9.58. The summed E-state index contributed by atoms with van der Waals surface area (Å²) in [5.41, 5.74) is 7.67. The van der Waals surface area contributed by atoms with Crippen molar-refractivity contribution in [1.82, 2.24) is 9.88 Å². The predicted molar refractivity (Wildman–Crippen MR) is 102 cm³/mol. The van der Waals surface area contributed by atoms with Gasteiger partial charge >= 0.3 is 0 Å². The first-order valence-electron chi connectivity index (χ1n) is 8.76. The van der Waals surface area contributed by atoms with E-state index in [-0.39, 0.29) is 12.5 Å². The molecule has 1 aliphatic rings. The van der Waals surface area contributed by atoms with E-state index in [9.17, 15) is 4.79 Å². The summed E-state index contributed by atoms with van der Waals surface area (Å²) in [5, 5.41) is 0.573. The molecule has 6 heteroatoms. The minimum absolute atomic E-state index is 0.0408. The van der Waals surface area contributed by atoms with E-state index in [1.807, 2.05) is 43.1 Å². The lowest BCUT2D eigenvalue weighted by atomic mass is 9.94. The summed E-state index contributed by atoms with van der Waals surface area (Å²) in [4.78, 5) is 19.6. The SMILES string of the molecule is Cc1sc(N)nc1-c1ccc(OCC(=O)N(C)C2CCCCC2)cc1. The summed E-state index contributed by atoms with van der Waals surface area (Å²) in [6, 6.07) is 8.01. The molecule has 2 N–H and O–H groups in total. The summed E-state index contributed by atoms with van der Waals surface area (Å²) in [6.07, 6.45) is 5.92. The van der Waals surface area contributed by atoms with Crippen LogP contribution in [0.1, 0.15) is 37.0 Å². The van der Waals surface area contributed by atoms with Crippen LogP contribution >= 0.6 is 11.3 Å². The highest BCUT2D eigenvalue weighted by atomic mass is 32.1. The lowest BCUT2D eigenvalue weighted by Gasteiger charge is -2.31. The summed E-state index contributed by atoms with van der Waals surface area (Å²) < 4.78 is 5.67. The fraction of sp³-hybridized carbons (Fsp3) is 0.474. The van der Waals surface area contributed by atoms with E-state index in [0.29, 0.717) is 16.9 Å². The highest BCUT2D eigenvalue weighted by molar-refractivity contribution is 7.15. The average molecular weight is 359 g/mol. The van der Waals surface area contributed by atoms with E-state index in [1.54, 1.807) is 0 Å². The number of likely N-dealkylation sites (N-methyl/N-ethyl adjacent to an activating group) is 1. The predicted octanol–water partition coefficient (Wildman–Crippen LogP) is 3.87. The van der Waals surface area contributed by atoms with Crippen LogP contribution in [0.5, 0.6) is 5.75 Å². The molecule has 1 saturated carbocycles. The van der Waals surface area contributed by atoms with Crippen LogP contribution in [0.3, 0.4) is 0 Å². The van der Waals surface area contributed by atoms with Crippen molar-refractivity contribution in [2.75, 3.05) is 19.4 Å². The van der Waals surface area contributed by atoms with Gasteiger partial charge in [0.2, 0.25) is 0 Å². The molecule has 0 saturated heterocycles. The highest BCUT2D eigenvalue weighted by Crippen LogP contribution is 2.29. The maximum atomic E-state index is 12.3. The Hall–Kier alpha value is -2.08. The molecule has 0 aliphatic heterocycles. The van der Waals surface area contributed by atoms with Gasteiger partial charge in [0.15, 0.2) is 11.7 Å². The van der Waals surface area contributed by atoms with Crippen LogP contribution in [-0.4, -0.2) is 35.5 Å². The van der Waals surface area contributed by atoms with Crippen molar-refractivity contribution in [3.05, 3.63) is 29.1 Å². The smallest absolute Gasteiger partial charge is 0.260 e. The Bertz CT molecular complexity index is 721. The molecule has 1 fully saturated rings. The highest BCUT2D eigenvalue weighted by Gasteiger charge is 2.22. The van der Waals surface area contributed by atoms with Crippen molar-refractivity contribution in [1.29, 1.82) is 0 Å². The maximum absolute atomic E-state index is 12.3. The number of nitrogens with two attached hydrogens (primary N) is 1. The van der Waals surface area contributed by atoms with Crippen LogP contribution in [0.25, 0.3) is 11.3 Å². The third-order valence-electron chi connectivity index (χ3n) is 4.82. The standard InChI is InChI=1S/C19H25N3O2S/c1-13-18(21-19(20)25-13)14-8-10-16(11-9-14)24-12-17(23)22(2)15-6-4-3-5-7-15/h8-11,15H,3-7,12H2,1-2H3,(H2,20,21). The van der Waals surface area contributed by atoms with Gasteiger partial charge in [-0.25, -0.2) is 4.98 Å². The van der Waals surface area contributed by atoms with E-state index >= 15 is 0 Å². The summed E-state index contributed by atoms with van der Waals surface area (Å²) >= 11 is 1.48. The zero-order chi connectivity index (χ0) is 17.8. The average Bonchev–Trinajstić information content (AvgIpc) is 2.98. The number of aryl methyl sites for hydroxylation is 1. The van der Waals surface area contributed by atoms with Gasteiger partial charge in [-0.05, 0) is 44.0 Å². The molecule has 1 aromatic carbocycles. The van der Waals surface area contributed by atoms with E-state index in [0.717, 1.165) is 29.0 Å². The first-order chi connectivity index (χ1) is 12.0. The Morgan fingerprint density at radius 2 is 1.96 bits per heavy atom. The zero-order valence-electron chi connectivity index (χ0n) is 14.8. The molecular formula is C19H25N3O2S. The van der Waals surface area contributed by atoms with Gasteiger partial charge < -0.3 is 15.4 Å². The van der Waals surface area contributed by atoms with Crippen LogP contribution in [0, 0.1) is 6.92 Å². The van der Waals surface area contributed by atoms with E-state index < -0.39 is 0 Å². The van der Waals surface area contributed by atoms with Gasteiger partial charge in [-0.2, -0.15) is 0 Å². The Morgan fingerprint density at radius 1 is 1.28 bits per heavy atom. The van der Waals surface area contributed by atoms with Gasteiger partial charge in [0.1, 0.15) is 5.75 Å². The van der Waals surface area contributed by atoms with Gasteiger partial charge in [-0.3, -0.25) is 4.79 Å². The van der Waals surface area contributed by atoms with Gasteiger partial charge in [-0.1, -0.05) is 19.3 Å². The van der Waals surface area contributed by atoms with E-state index in [1.165, 1.54) is 30.6 Å². The number of carbonyl (C=O) groups excluding carboxylic acids is 1. The van der Waals surface area contributed by atoms with Crippen molar-refractivity contribution in [3.8, 4) is 17.0 Å². The largest absolute Gasteiger partial charge is 0.484 e. The second kappa shape index (κ2) is 7.87. The zero-order valence-corrected chi connectivity index (χ0v) is 15.6. The number of rotatable bonds is 5. The second-order valence-corrected chi connectivity index (χ2v) is 7.80. The van der Waals surface area contributed by atoms with Crippen LogP contribution in [0.15, 0.2) is 24.3 Å². The Labute approximate surface area is 152 Å². The number of hydrogen-bond donors (Lipinski definition) is 1. The molecule has 0 spiro atoms. The van der Waals surface area contributed by atoms with Gasteiger partial charge in [-0.15, -0.1) is 11.3 Å². The number of thiazole rings is 1. The van der Waals surface area contributed by atoms with Gasteiger partial charge in [0.05, 0.1) is 5.69 Å². The number of aromatic nitrogens is 1. The molecule has 1 heterocycles. The Morgan fingerprint density at radius 3 is 2.56 bits per heavy atom. The number of amides is 1. The molecule has 134 valence electrons. The van der Waals surface area contributed by atoms with E-state index in [4.69, 9.17) is 10.5 Å². The fourth-order valence-electron chi connectivity index (χ4n) is 3.31. The molecule has 0 radical (unpaired) electrons. The minimum Gasteiger partial charge on any atom is -0.484 e. The maximum Gasteiger partial charge on any atom is 0.260 e. The molecule has 0 unspecified atom stereocenters. The Balaban J connectivity index is 1.56. The first kappa shape index (κ1) is 17.7. The summed E-state index contributed by atoms with van der Waals surface area (Å²) in [5.74, 6) is 0.731. The van der Waals surface area contributed by atoms with Gasteiger partial charge in [0, 0.05) is 23.5 Å². The minimum atomic E-state index is 0.0408. The number of ether oxygens (including phenoxy) is 1. The molecule has 1 amide bonds. The van der Waals surface area contributed by atoms with Crippen molar-refractivity contribution in [2.24, 2.45) is 0 Å². The van der Waals surface area contributed by atoms with Crippen LogP contribution in [0.4, 0.5) is 5.13 Å². The molecule has 0 atom stereocenters. The van der Waals surface area contributed by atoms with Crippen LogP contribution < -0.4 is 10.5 Å². The number of benzene rings is 1. The Kier molecular flexibility index (Phi) is 5.58. The third-order valence-corrected chi connectivity index (χ3v) is 5.62. The number of nitrogens with zero attached hydrogens (tertiary/aromatic N) is 2. The number of nitrogen functional groups attached to an aromatic ring is 1. The third kappa shape index (κ3) is 4.31. The molecule has 1 aliphatic carbocycles. The van der Waals surface area contributed by atoms with Crippen molar-refractivity contribution >= 4 is 22.4 Å². The van der Waals surface area contributed by atoms with Crippen LogP contribution in [-0.2, 0) is 4.79 Å². The van der Waals surface area contributed by atoms with Crippen molar-refractivity contribution in [3.63, 3.8) is 0 Å². The second-order valence-electron chi connectivity index (χ2n) is 6.57. The van der Waals surface area contributed by atoms with E-state index in [2.05, 4.69) is 4.98 Å². The molecule has 25 heavy (non-hydrogen) atoms.